The minimum absolute atomic E-state index is 0.0839. The van der Waals surface area contributed by atoms with Crippen LogP contribution in [-0.4, -0.2) is 36.3 Å². The topological polar surface area (TPSA) is 72.6 Å². The van der Waals surface area contributed by atoms with Crippen molar-refractivity contribution in [2.75, 3.05) is 19.4 Å². The first-order valence-electron chi connectivity index (χ1n) is 6.22. The summed E-state index contributed by atoms with van der Waals surface area (Å²) in [6.07, 6.45) is 0. The van der Waals surface area contributed by atoms with Crippen LogP contribution in [-0.2, 0) is 4.79 Å². The highest BCUT2D eigenvalue weighted by molar-refractivity contribution is 9.10. The van der Waals surface area contributed by atoms with Crippen molar-refractivity contribution < 1.29 is 14.3 Å². The van der Waals surface area contributed by atoms with Gasteiger partial charge in [-0.15, -0.1) is 0 Å². The van der Waals surface area contributed by atoms with E-state index >= 15 is 0 Å². The van der Waals surface area contributed by atoms with Crippen LogP contribution in [0.1, 0.15) is 31.1 Å². The molecule has 110 valence electrons. The van der Waals surface area contributed by atoms with Gasteiger partial charge < -0.3 is 15.4 Å². The van der Waals surface area contributed by atoms with Gasteiger partial charge in [0, 0.05) is 17.6 Å². The van der Waals surface area contributed by atoms with Gasteiger partial charge in [-0.2, -0.15) is 0 Å². The van der Waals surface area contributed by atoms with E-state index < -0.39 is 0 Å². The predicted molar refractivity (Wildman–Crippen MR) is 82.0 cm³/mol. The van der Waals surface area contributed by atoms with Crippen molar-refractivity contribution in [2.45, 2.75) is 26.8 Å². The zero-order valence-corrected chi connectivity index (χ0v) is 13.7. The van der Waals surface area contributed by atoms with E-state index in [4.69, 9.17) is 10.5 Å². The first kappa shape index (κ1) is 16.5. The second-order valence-electron chi connectivity index (χ2n) is 4.81. The molecule has 0 aliphatic carbocycles. The molecule has 20 heavy (non-hydrogen) atoms. The maximum absolute atomic E-state index is 11.9. The number of anilines is 1. The highest BCUT2D eigenvalue weighted by Gasteiger charge is 2.17. The lowest BCUT2D eigenvalue weighted by Gasteiger charge is -2.22. The number of ketones is 1. The van der Waals surface area contributed by atoms with Crippen LogP contribution in [0.4, 0.5) is 5.69 Å². The van der Waals surface area contributed by atoms with Gasteiger partial charge in [-0.1, -0.05) is 15.9 Å². The van der Waals surface area contributed by atoms with Crippen LogP contribution >= 0.6 is 15.9 Å². The van der Waals surface area contributed by atoms with Gasteiger partial charge in [-0.3, -0.25) is 9.59 Å². The van der Waals surface area contributed by atoms with Gasteiger partial charge >= 0.3 is 0 Å². The average Bonchev–Trinajstić information content (AvgIpc) is 2.35. The molecule has 0 spiro atoms. The Morgan fingerprint density at radius 3 is 2.50 bits per heavy atom. The molecule has 2 N–H and O–H groups in total. The Balaban J connectivity index is 2.93. The van der Waals surface area contributed by atoms with E-state index in [2.05, 4.69) is 15.9 Å². The van der Waals surface area contributed by atoms with Crippen molar-refractivity contribution in [3.05, 3.63) is 22.2 Å². The number of nitrogens with zero attached hydrogens (tertiary/aromatic N) is 1. The number of nitrogens with two attached hydrogens (primary N) is 1. The van der Waals surface area contributed by atoms with E-state index in [1.165, 1.54) is 6.92 Å². The minimum atomic E-state index is -0.170. The number of Topliss-reactive ketones (excluding diaryl/α,β-unsaturated/α-hetero) is 1. The summed E-state index contributed by atoms with van der Waals surface area (Å²) in [7, 11) is 1.70. The molecule has 0 heterocycles. The van der Waals surface area contributed by atoms with Gasteiger partial charge in [0.1, 0.15) is 0 Å². The van der Waals surface area contributed by atoms with Crippen LogP contribution in [0.3, 0.4) is 0 Å². The van der Waals surface area contributed by atoms with Crippen LogP contribution < -0.4 is 10.5 Å². The molecule has 0 bridgehead atoms. The number of carbonyl (C=O) groups is 2. The third-order valence-corrected chi connectivity index (χ3v) is 3.43. The number of halogens is 1. The Kier molecular flexibility index (Phi) is 5.56. The van der Waals surface area contributed by atoms with Gasteiger partial charge in [0.25, 0.3) is 5.91 Å². The molecular weight excluding hydrogens is 324 g/mol. The lowest BCUT2D eigenvalue weighted by atomic mass is 10.1. The van der Waals surface area contributed by atoms with Crippen molar-refractivity contribution in [1.82, 2.24) is 4.90 Å². The van der Waals surface area contributed by atoms with Crippen LogP contribution in [0.5, 0.6) is 5.75 Å². The molecule has 1 amide bonds. The fourth-order valence-corrected chi connectivity index (χ4v) is 2.04. The fraction of sp³-hybridized carbons (Fsp3) is 0.429. The van der Waals surface area contributed by atoms with Crippen LogP contribution in [0.15, 0.2) is 16.6 Å². The number of nitrogen functional groups attached to an aromatic ring is 1. The van der Waals surface area contributed by atoms with E-state index in [9.17, 15) is 9.59 Å². The molecule has 0 saturated carbocycles. The number of likely N-dealkylation sites (N-methyl/N-ethyl adjacent to an activating group) is 1. The molecule has 0 aliphatic rings. The van der Waals surface area contributed by atoms with Crippen LogP contribution in [0.2, 0.25) is 0 Å². The highest BCUT2D eigenvalue weighted by atomic mass is 79.9. The summed E-state index contributed by atoms with van der Waals surface area (Å²) in [6, 6.07) is 3.35. The Morgan fingerprint density at radius 1 is 1.40 bits per heavy atom. The van der Waals surface area contributed by atoms with Gasteiger partial charge in [0.2, 0.25) is 0 Å². The van der Waals surface area contributed by atoms with E-state index in [0.717, 1.165) is 0 Å². The van der Waals surface area contributed by atoms with Gasteiger partial charge in [-0.05, 0) is 32.9 Å². The summed E-state index contributed by atoms with van der Waals surface area (Å²) in [5, 5.41) is 0. The van der Waals surface area contributed by atoms with Crippen LogP contribution in [0, 0.1) is 0 Å². The van der Waals surface area contributed by atoms with E-state index in [1.54, 1.807) is 24.1 Å². The molecule has 5 nitrogen and oxygen atoms in total. The maximum atomic E-state index is 11.9. The highest BCUT2D eigenvalue weighted by Crippen LogP contribution is 2.31. The second kappa shape index (κ2) is 6.74. The summed E-state index contributed by atoms with van der Waals surface area (Å²) in [6.45, 7) is 5.09. The van der Waals surface area contributed by atoms with E-state index in [-0.39, 0.29) is 30.1 Å². The quantitative estimate of drug-likeness (QED) is 0.659. The van der Waals surface area contributed by atoms with E-state index in [0.29, 0.717) is 15.7 Å². The Labute approximate surface area is 127 Å². The molecule has 1 aromatic carbocycles. The molecular formula is C14H19BrN2O3. The zero-order valence-electron chi connectivity index (χ0n) is 12.1. The van der Waals surface area contributed by atoms with Crippen LogP contribution in [0.25, 0.3) is 0 Å². The summed E-state index contributed by atoms with van der Waals surface area (Å²) < 4.78 is 6.15. The Hall–Kier alpha value is -1.56. The van der Waals surface area contributed by atoms with Gasteiger partial charge in [0.15, 0.2) is 18.1 Å². The average molecular weight is 343 g/mol. The number of hydrogen-bond acceptors (Lipinski definition) is 4. The first-order chi connectivity index (χ1) is 9.23. The normalized spacial score (nSPS) is 10.5. The second-order valence-corrected chi connectivity index (χ2v) is 5.73. The lowest BCUT2D eigenvalue weighted by molar-refractivity contribution is -0.133. The number of rotatable bonds is 5. The molecule has 1 rings (SSSR count). The zero-order chi connectivity index (χ0) is 15.4. The molecule has 0 fully saturated rings. The van der Waals surface area contributed by atoms with Gasteiger partial charge in [-0.25, -0.2) is 0 Å². The molecule has 6 heteroatoms. The minimum Gasteiger partial charge on any atom is -0.481 e. The summed E-state index contributed by atoms with van der Waals surface area (Å²) >= 11 is 3.27. The first-order valence-corrected chi connectivity index (χ1v) is 7.01. The molecule has 0 radical (unpaired) electrons. The molecule has 0 aromatic heterocycles. The molecule has 0 unspecified atom stereocenters. The number of carbonyl (C=O) groups excluding carboxylic acids is 2. The Morgan fingerprint density at radius 2 is 2.00 bits per heavy atom. The molecule has 0 atom stereocenters. The number of ether oxygens (including phenoxy) is 1. The Bertz CT molecular complexity index is 529. The molecule has 0 saturated heterocycles. The maximum Gasteiger partial charge on any atom is 0.260 e. The number of benzene rings is 1. The van der Waals surface area contributed by atoms with Crippen molar-refractivity contribution in [2.24, 2.45) is 0 Å². The van der Waals surface area contributed by atoms with E-state index in [1.807, 2.05) is 13.8 Å². The summed E-state index contributed by atoms with van der Waals surface area (Å²) in [4.78, 5) is 25.1. The predicted octanol–water partition coefficient (Wildman–Crippen LogP) is 2.48. The smallest absolute Gasteiger partial charge is 0.260 e. The van der Waals surface area contributed by atoms with Crippen molar-refractivity contribution >= 4 is 33.3 Å². The third-order valence-electron chi connectivity index (χ3n) is 2.97. The fourth-order valence-electron chi connectivity index (χ4n) is 1.56. The lowest BCUT2D eigenvalue weighted by Crippen LogP contribution is -2.36. The largest absolute Gasteiger partial charge is 0.481 e. The van der Waals surface area contributed by atoms with Crippen molar-refractivity contribution in [3.63, 3.8) is 0 Å². The standard InChI is InChI=1S/C14H19BrN2O3/c1-8(2)17(4)13(19)7-20-14-11(9(3)18)5-10(15)6-12(14)16/h5-6,8H,7,16H2,1-4H3. The SMILES string of the molecule is CC(=O)c1cc(Br)cc(N)c1OCC(=O)N(C)C(C)C. The molecule has 1 aromatic rings. The van der Waals surface area contributed by atoms with Crippen molar-refractivity contribution in [3.8, 4) is 5.75 Å². The third kappa shape index (κ3) is 3.96. The van der Waals surface area contributed by atoms with Crippen molar-refractivity contribution in [1.29, 1.82) is 0 Å². The monoisotopic (exact) mass is 342 g/mol. The molecule has 0 aliphatic heterocycles. The number of hydrogen-bond donors (Lipinski definition) is 1. The summed E-state index contributed by atoms with van der Waals surface area (Å²) in [5.74, 6) is -0.0827. The number of amides is 1. The summed E-state index contributed by atoms with van der Waals surface area (Å²) in [5.41, 5.74) is 6.53. The van der Waals surface area contributed by atoms with Gasteiger partial charge in [0.05, 0.1) is 11.3 Å².